The molecule has 1 aromatic heterocycles. The molecular weight excluding hydrogens is 341 g/mol. The van der Waals surface area contributed by atoms with Crippen LogP contribution in [0, 0.1) is 5.82 Å². The zero-order chi connectivity index (χ0) is 15.1. The number of ether oxygens (including phenoxy) is 1. The van der Waals surface area contributed by atoms with Crippen LogP contribution in [0.3, 0.4) is 0 Å². The Morgan fingerprint density at radius 1 is 1.48 bits per heavy atom. The summed E-state index contributed by atoms with van der Waals surface area (Å²) < 4.78 is 21.2. The van der Waals surface area contributed by atoms with Crippen LogP contribution >= 0.6 is 15.9 Å². The third kappa shape index (κ3) is 5.18. The van der Waals surface area contributed by atoms with Crippen molar-refractivity contribution in [2.75, 3.05) is 13.2 Å². The Morgan fingerprint density at radius 2 is 2.33 bits per heavy atom. The highest BCUT2D eigenvalue weighted by Crippen LogP contribution is 2.21. The molecule has 1 heterocycles. The SMILES string of the molecule is O=C(COc1ccc(Br)cc1F)NCCCn1ccnc1. The van der Waals surface area contributed by atoms with Gasteiger partial charge in [-0.25, -0.2) is 9.37 Å². The lowest BCUT2D eigenvalue weighted by Crippen LogP contribution is -2.30. The van der Waals surface area contributed by atoms with E-state index in [1.165, 1.54) is 12.1 Å². The van der Waals surface area contributed by atoms with Crippen molar-refractivity contribution in [3.8, 4) is 5.75 Å². The number of halogens is 2. The van der Waals surface area contributed by atoms with Gasteiger partial charge in [-0.2, -0.15) is 0 Å². The first-order valence-electron chi connectivity index (χ1n) is 6.45. The first kappa shape index (κ1) is 15.5. The Balaban J connectivity index is 1.65. The molecule has 112 valence electrons. The Morgan fingerprint density at radius 3 is 3.05 bits per heavy atom. The van der Waals surface area contributed by atoms with Gasteiger partial charge < -0.3 is 14.6 Å². The lowest BCUT2D eigenvalue weighted by molar-refractivity contribution is -0.123. The van der Waals surface area contributed by atoms with Gasteiger partial charge in [0.15, 0.2) is 18.2 Å². The summed E-state index contributed by atoms with van der Waals surface area (Å²) in [5, 5.41) is 2.72. The van der Waals surface area contributed by atoms with E-state index in [1.54, 1.807) is 18.6 Å². The van der Waals surface area contributed by atoms with Crippen LogP contribution in [0.2, 0.25) is 0 Å². The van der Waals surface area contributed by atoms with Crippen molar-refractivity contribution in [1.82, 2.24) is 14.9 Å². The summed E-state index contributed by atoms with van der Waals surface area (Å²) in [7, 11) is 0. The Bertz CT molecular complexity index is 590. The van der Waals surface area contributed by atoms with Gasteiger partial charge in [-0.1, -0.05) is 15.9 Å². The van der Waals surface area contributed by atoms with Crippen molar-refractivity contribution in [2.24, 2.45) is 0 Å². The first-order valence-corrected chi connectivity index (χ1v) is 7.25. The van der Waals surface area contributed by atoms with Gasteiger partial charge in [-0.3, -0.25) is 4.79 Å². The molecule has 1 amide bonds. The fourth-order valence-electron chi connectivity index (χ4n) is 1.70. The lowest BCUT2D eigenvalue weighted by atomic mass is 10.3. The summed E-state index contributed by atoms with van der Waals surface area (Å²) in [6, 6.07) is 4.42. The highest BCUT2D eigenvalue weighted by atomic mass is 79.9. The summed E-state index contributed by atoms with van der Waals surface area (Å²) in [4.78, 5) is 15.5. The average molecular weight is 356 g/mol. The second-order valence-corrected chi connectivity index (χ2v) is 5.28. The molecule has 0 spiro atoms. The molecule has 0 aliphatic carbocycles. The smallest absolute Gasteiger partial charge is 0.257 e. The molecule has 0 saturated carbocycles. The van der Waals surface area contributed by atoms with Crippen LogP contribution in [0.5, 0.6) is 5.75 Å². The minimum absolute atomic E-state index is 0.0618. The van der Waals surface area contributed by atoms with Crippen LogP contribution in [0.25, 0.3) is 0 Å². The van der Waals surface area contributed by atoms with Gasteiger partial charge in [0.1, 0.15) is 0 Å². The number of carbonyl (C=O) groups is 1. The molecule has 5 nitrogen and oxygen atoms in total. The van der Waals surface area contributed by atoms with Crippen LogP contribution in [0.4, 0.5) is 4.39 Å². The van der Waals surface area contributed by atoms with E-state index in [0.717, 1.165) is 13.0 Å². The fourth-order valence-corrected chi connectivity index (χ4v) is 2.03. The molecule has 0 radical (unpaired) electrons. The van der Waals surface area contributed by atoms with Crippen LogP contribution < -0.4 is 10.1 Å². The standard InChI is InChI=1S/C14H15BrFN3O2/c15-11-2-3-13(12(16)8-11)21-9-14(20)18-4-1-6-19-7-5-17-10-19/h2-3,5,7-8,10H,1,4,6,9H2,(H,18,20). The Hall–Kier alpha value is -1.89. The minimum atomic E-state index is -0.503. The van der Waals surface area contributed by atoms with E-state index in [4.69, 9.17) is 4.74 Å². The van der Waals surface area contributed by atoms with Gasteiger partial charge in [0.05, 0.1) is 6.33 Å². The molecule has 0 fully saturated rings. The Kier molecular flexibility index (Phi) is 5.74. The monoisotopic (exact) mass is 355 g/mol. The molecule has 0 saturated heterocycles. The van der Waals surface area contributed by atoms with Crippen molar-refractivity contribution in [2.45, 2.75) is 13.0 Å². The zero-order valence-electron chi connectivity index (χ0n) is 11.3. The van der Waals surface area contributed by atoms with Gasteiger partial charge in [0.25, 0.3) is 5.91 Å². The first-order chi connectivity index (χ1) is 10.1. The average Bonchev–Trinajstić information content (AvgIpc) is 2.96. The molecule has 0 aliphatic rings. The molecule has 2 rings (SSSR count). The van der Waals surface area contributed by atoms with Crippen LogP contribution in [0.15, 0.2) is 41.4 Å². The molecule has 1 N–H and O–H groups in total. The second-order valence-electron chi connectivity index (χ2n) is 4.37. The van der Waals surface area contributed by atoms with E-state index in [-0.39, 0.29) is 18.3 Å². The summed E-state index contributed by atoms with van der Waals surface area (Å²) in [5.74, 6) is -0.716. The molecule has 0 atom stereocenters. The number of imidazole rings is 1. The highest BCUT2D eigenvalue weighted by molar-refractivity contribution is 9.10. The molecule has 0 bridgehead atoms. The van der Waals surface area contributed by atoms with Crippen molar-refractivity contribution in [3.05, 3.63) is 47.2 Å². The third-order valence-electron chi connectivity index (χ3n) is 2.73. The molecule has 0 unspecified atom stereocenters. The zero-order valence-corrected chi connectivity index (χ0v) is 12.8. The maximum atomic E-state index is 13.5. The number of rotatable bonds is 7. The van der Waals surface area contributed by atoms with Gasteiger partial charge >= 0.3 is 0 Å². The summed E-state index contributed by atoms with van der Waals surface area (Å²) >= 11 is 3.15. The lowest BCUT2D eigenvalue weighted by Gasteiger charge is -2.08. The molecular formula is C14H15BrFN3O2. The molecule has 1 aromatic carbocycles. The number of nitrogens with zero attached hydrogens (tertiary/aromatic N) is 2. The maximum absolute atomic E-state index is 13.5. The Labute approximate surface area is 130 Å². The quantitative estimate of drug-likeness (QED) is 0.775. The normalized spacial score (nSPS) is 10.4. The largest absolute Gasteiger partial charge is 0.481 e. The minimum Gasteiger partial charge on any atom is -0.481 e. The number of carbonyl (C=O) groups excluding carboxylic acids is 1. The maximum Gasteiger partial charge on any atom is 0.257 e. The van der Waals surface area contributed by atoms with Crippen molar-refractivity contribution < 1.29 is 13.9 Å². The van der Waals surface area contributed by atoms with Crippen molar-refractivity contribution in [3.63, 3.8) is 0 Å². The van der Waals surface area contributed by atoms with E-state index >= 15 is 0 Å². The van der Waals surface area contributed by atoms with E-state index in [1.807, 2.05) is 10.8 Å². The van der Waals surface area contributed by atoms with Gasteiger partial charge in [0, 0.05) is 30.0 Å². The summed E-state index contributed by atoms with van der Waals surface area (Å²) in [6.45, 7) is 1.11. The van der Waals surface area contributed by atoms with Crippen molar-refractivity contribution >= 4 is 21.8 Å². The predicted molar refractivity (Wildman–Crippen MR) is 79.4 cm³/mol. The number of amides is 1. The number of aromatic nitrogens is 2. The molecule has 2 aromatic rings. The number of nitrogens with one attached hydrogen (secondary N) is 1. The molecule has 7 heteroatoms. The van der Waals surface area contributed by atoms with Crippen LogP contribution in [-0.4, -0.2) is 28.6 Å². The predicted octanol–water partition coefficient (Wildman–Crippen LogP) is 2.37. The van der Waals surface area contributed by atoms with Gasteiger partial charge in [0.2, 0.25) is 0 Å². The second kappa shape index (κ2) is 7.78. The number of aryl methyl sites for hydroxylation is 1. The summed E-state index contributed by atoms with van der Waals surface area (Å²) in [6.07, 6.45) is 6.08. The third-order valence-corrected chi connectivity index (χ3v) is 3.22. The number of hydrogen-bond donors (Lipinski definition) is 1. The van der Waals surface area contributed by atoms with E-state index in [9.17, 15) is 9.18 Å². The van der Waals surface area contributed by atoms with Gasteiger partial charge in [-0.05, 0) is 24.6 Å². The van der Waals surface area contributed by atoms with Crippen LogP contribution in [-0.2, 0) is 11.3 Å². The van der Waals surface area contributed by atoms with Crippen molar-refractivity contribution in [1.29, 1.82) is 0 Å². The van der Waals surface area contributed by atoms with E-state index < -0.39 is 5.82 Å². The number of benzene rings is 1. The summed E-state index contributed by atoms with van der Waals surface area (Å²) in [5.41, 5.74) is 0. The van der Waals surface area contributed by atoms with Gasteiger partial charge in [-0.15, -0.1) is 0 Å². The molecule has 0 aliphatic heterocycles. The number of hydrogen-bond acceptors (Lipinski definition) is 3. The molecule has 21 heavy (non-hydrogen) atoms. The topological polar surface area (TPSA) is 56.1 Å². The van der Waals surface area contributed by atoms with E-state index in [2.05, 4.69) is 26.2 Å². The van der Waals surface area contributed by atoms with Crippen LogP contribution in [0.1, 0.15) is 6.42 Å². The highest BCUT2D eigenvalue weighted by Gasteiger charge is 2.07. The van der Waals surface area contributed by atoms with E-state index in [0.29, 0.717) is 11.0 Å². The fraction of sp³-hybridized carbons (Fsp3) is 0.286.